The van der Waals surface area contributed by atoms with E-state index in [-0.39, 0.29) is 0 Å². The van der Waals surface area contributed by atoms with Crippen LogP contribution < -0.4 is 10.2 Å². The van der Waals surface area contributed by atoms with Gasteiger partial charge in [-0.05, 0) is 51.3 Å². The summed E-state index contributed by atoms with van der Waals surface area (Å²) >= 11 is 0. The lowest BCUT2D eigenvalue weighted by molar-refractivity contribution is 0.611. The van der Waals surface area contributed by atoms with Gasteiger partial charge in [-0.2, -0.15) is 0 Å². The smallest absolute Gasteiger partial charge is 0.129 e. The number of aromatic nitrogens is 1. The number of hydrogen-bond acceptors (Lipinski definition) is 3. The molecule has 0 spiro atoms. The van der Waals surface area contributed by atoms with E-state index in [1.165, 1.54) is 43.4 Å². The van der Waals surface area contributed by atoms with E-state index in [0.717, 1.165) is 25.5 Å². The highest BCUT2D eigenvalue weighted by molar-refractivity contribution is 5.43. The monoisotopic (exact) mass is 275 g/mol. The summed E-state index contributed by atoms with van der Waals surface area (Å²) in [6.07, 6.45) is 6.58. The van der Waals surface area contributed by atoms with Gasteiger partial charge in [-0.1, -0.05) is 25.8 Å². The van der Waals surface area contributed by atoms with Crippen molar-refractivity contribution in [3.05, 3.63) is 23.4 Å². The Balaban J connectivity index is 2.06. The fraction of sp³-hybridized carbons (Fsp3) is 0.706. The molecule has 0 unspecified atom stereocenters. The molecule has 1 saturated carbocycles. The van der Waals surface area contributed by atoms with Gasteiger partial charge < -0.3 is 10.2 Å². The van der Waals surface area contributed by atoms with Crippen LogP contribution in [0, 0.1) is 6.92 Å². The van der Waals surface area contributed by atoms with Crippen LogP contribution in [0.2, 0.25) is 0 Å². The second-order valence-corrected chi connectivity index (χ2v) is 5.82. The van der Waals surface area contributed by atoms with Gasteiger partial charge in [0.05, 0.1) is 0 Å². The maximum Gasteiger partial charge on any atom is 0.129 e. The summed E-state index contributed by atoms with van der Waals surface area (Å²) in [4.78, 5) is 7.34. The van der Waals surface area contributed by atoms with Crippen molar-refractivity contribution in [2.24, 2.45) is 0 Å². The Hall–Kier alpha value is -1.09. The Kier molecular flexibility index (Phi) is 5.84. The van der Waals surface area contributed by atoms with Crippen LogP contribution >= 0.6 is 0 Å². The minimum atomic E-state index is 0.705. The summed E-state index contributed by atoms with van der Waals surface area (Å²) in [5, 5.41) is 3.46. The van der Waals surface area contributed by atoms with Gasteiger partial charge in [-0.25, -0.2) is 4.98 Å². The molecule has 1 fully saturated rings. The van der Waals surface area contributed by atoms with Gasteiger partial charge in [0, 0.05) is 24.8 Å². The van der Waals surface area contributed by atoms with Gasteiger partial charge in [0.1, 0.15) is 5.82 Å². The lowest BCUT2D eigenvalue weighted by Gasteiger charge is -2.29. The molecule has 0 bridgehead atoms. The van der Waals surface area contributed by atoms with E-state index < -0.39 is 0 Å². The minimum Gasteiger partial charge on any atom is -0.354 e. The number of nitrogens with zero attached hydrogens (tertiary/aromatic N) is 2. The minimum absolute atomic E-state index is 0.705. The van der Waals surface area contributed by atoms with E-state index in [2.05, 4.69) is 43.1 Å². The van der Waals surface area contributed by atoms with Crippen molar-refractivity contribution in [2.75, 3.05) is 18.0 Å². The first kappa shape index (κ1) is 15.3. The third-order valence-corrected chi connectivity index (χ3v) is 4.32. The Bertz CT molecular complexity index is 411. The average Bonchev–Trinajstić information content (AvgIpc) is 2.96. The zero-order chi connectivity index (χ0) is 14.4. The predicted molar refractivity (Wildman–Crippen MR) is 86.2 cm³/mol. The molecular weight excluding hydrogens is 246 g/mol. The molecule has 1 aromatic heterocycles. The van der Waals surface area contributed by atoms with Gasteiger partial charge in [0.25, 0.3) is 0 Å². The van der Waals surface area contributed by atoms with Crippen LogP contribution in [0.5, 0.6) is 0 Å². The average molecular weight is 275 g/mol. The molecule has 0 radical (unpaired) electrons. The molecule has 2 rings (SSSR count). The van der Waals surface area contributed by atoms with Crippen molar-refractivity contribution in [1.82, 2.24) is 10.3 Å². The lowest BCUT2D eigenvalue weighted by Crippen LogP contribution is -2.33. The van der Waals surface area contributed by atoms with Crippen molar-refractivity contribution in [2.45, 2.75) is 65.5 Å². The number of pyridine rings is 1. The molecule has 1 heterocycles. The highest BCUT2D eigenvalue weighted by Crippen LogP contribution is 2.27. The summed E-state index contributed by atoms with van der Waals surface area (Å²) in [5.41, 5.74) is 2.49. The van der Waals surface area contributed by atoms with Gasteiger partial charge in [-0.3, -0.25) is 0 Å². The van der Waals surface area contributed by atoms with Crippen LogP contribution in [0.1, 0.15) is 57.2 Å². The molecule has 3 nitrogen and oxygen atoms in total. The van der Waals surface area contributed by atoms with Crippen molar-refractivity contribution in [1.29, 1.82) is 0 Å². The van der Waals surface area contributed by atoms with E-state index in [9.17, 15) is 0 Å². The third kappa shape index (κ3) is 3.72. The molecular formula is C17H29N3. The van der Waals surface area contributed by atoms with Crippen molar-refractivity contribution in [3.63, 3.8) is 0 Å². The van der Waals surface area contributed by atoms with Crippen LogP contribution in [-0.2, 0) is 6.54 Å². The highest BCUT2D eigenvalue weighted by atomic mass is 15.2. The van der Waals surface area contributed by atoms with E-state index >= 15 is 0 Å². The third-order valence-electron chi connectivity index (χ3n) is 4.32. The van der Waals surface area contributed by atoms with Crippen LogP contribution in [0.3, 0.4) is 0 Å². The number of nitrogens with one attached hydrogen (secondary N) is 1. The molecule has 20 heavy (non-hydrogen) atoms. The molecule has 0 saturated heterocycles. The van der Waals surface area contributed by atoms with Gasteiger partial charge in [0.2, 0.25) is 0 Å². The summed E-state index contributed by atoms with van der Waals surface area (Å²) < 4.78 is 0. The normalized spacial score (nSPS) is 15.8. The number of anilines is 1. The molecule has 3 heteroatoms. The Labute approximate surface area is 123 Å². The van der Waals surface area contributed by atoms with E-state index in [1.807, 2.05) is 0 Å². The standard InChI is InChI=1S/C17H29N3/c1-4-12-18-13-15-10-11-17(19-14(15)3)20(5-2)16-8-6-7-9-16/h10-11,16,18H,4-9,12-13H2,1-3H3. The topological polar surface area (TPSA) is 28.2 Å². The zero-order valence-corrected chi connectivity index (χ0v) is 13.3. The molecule has 112 valence electrons. The molecule has 0 atom stereocenters. The maximum atomic E-state index is 4.85. The molecule has 1 N–H and O–H groups in total. The molecule has 0 amide bonds. The zero-order valence-electron chi connectivity index (χ0n) is 13.3. The van der Waals surface area contributed by atoms with Crippen molar-refractivity contribution < 1.29 is 0 Å². The first-order chi connectivity index (χ1) is 9.76. The SMILES string of the molecule is CCCNCc1ccc(N(CC)C2CCCC2)nc1C. The Morgan fingerprint density at radius 3 is 2.60 bits per heavy atom. The number of hydrogen-bond donors (Lipinski definition) is 1. The maximum absolute atomic E-state index is 4.85. The second-order valence-electron chi connectivity index (χ2n) is 5.82. The summed E-state index contributed by atoms with van der Waals surface area (Å²) in [6, 6.07) is 5.16. The first-order valence-electron chi connectivity index (χ1n) is 8.20. The largest absolute Gasteiger partial charge is 0.354 e. The predicted octanol–water partition coefficient (Wildman–Crippen LogP) is 3.66. The number of aryl methyl sites for hydroxylation is 1. The fourth-order valence-corrected chi connectivity index (χ4v) is 3.15. The highest BCUT2D eigenvalue weighted by Gasteiger charge is 2.22. The van der Waals surface area contributed by atoms with Crippen molar-refractivity contribution in [3.8, 4) is 0 Å². The molecule has 1 aliphatic rings. The van der Waals surface area contributed by atoms with Crippen molar-refractivity contribution >= 4 is 5.82 Å². The van der Waals surface area contributed by atoms with Gasteiger partial charge in [0.15, 0.2) is 0 Å². The number of rotatable bonds is 7. The van der Waals surface area contributed by atoms with Gasteiger partial charge in [-0.15, -0.1) is 0 Å². The molecule has 0 aromatic carbocycles. The van der Waals surface area contributed by atoms with E-state index in [1.54, 1.807) is 0 Å². The van der Waals surface area contributed by atoms with Gasteiger partial charge >= 0.3 is 0 Å². The Morgan fingerprint density at radius 1 is 1.25 bits per heavy atom. The summed E-state index contributed by atoms with van der Waals surface area (Å²) in [6.45, 7) is 9.64. The van der Waals surface area contributed by atoms with E-state index in [0.29, 0.717) is 6.04 Å². The van der Waals surface area contributed by atoms with Crippen LogP contribution in [-0.4, -0.2) is 24.1 Å². The summed E-state index contributed by atoms with van der Waals surface area (Å²) in [5.74, 6) is 1.16. The molecule has 1 aliphatic carbocycles. The molecule has 0 aliphatic heterocycles. The second kappa shape index (κ2) is 7.63. The van der Waals surface area contributed by atoms with Crippen LogP contribution in [0.25, 0.3) is 0 Å². The van der Waals surface area contributed by atoms with E-state index in [4.69, 9.17) is 4.98 Å². The van der Waals surface area contributed by atoms with Crippen LogP contribution in [0.4, 0.5) is 5.82 Å². The fourth-order valence-electron chi connectivity index (χ4n) is 3.15. The molecule has 1 aromatic rings. The first-order valence-corrected chi connectivity index (χ1v) is 8.20. The van der Waals surface area contributed by atoms with Crippen LogP contribution in [0.15, 0.2) is 12.1 Å². The quantitative estimate of drug-likeness (QED) is 0.770. The lowest BCUT2D eigenvalue weighted by atomic mass is 10.1. The Morgan fingerprint density at radius 2 is 2.00 bits per heavy atom. The summed E-state index contributed by atoms with van der Waals surface area (Å²) in [7, 11) is 0.